The Bertz CT molecular complexity index is 431. The largest absolute Gasteiger partial charge is 0.433 e. The second-order valence-electron chi connectivity index (χ2n) is 4.59. The van der Waals surface area contributed by atoms with Gasteiger partial charge in [-0.15, -0.1) is 0 Å². The van der Waals surface area contributed by atoms with E-state index in [4.69, 9.17) is 11.6 Å². The lowest BCUT2D eigenvalue weighted by Crippen LogP contribution is -2.31. The smallest absolute Gasteiger partial charge is 0.387 e. The summed E-state index contributed by atoms with van der Waals surface area (Å²) < 4.78 is 28.5. The Morgan fingerprint density at radius 2 is 2.26 bits per heavy atom. The quantitative estimate of drug-likeness (QED) is 0.905. The van der Waals surface area contributed by atoms with Gasteiger partial charge in [-0.3, -0.25) is 4.90 Å². The minimum Gasteiger partial charge on any atom is -0.433 e. The summed E-state index contributed by atoms with van der Waals surface area (Å²) in [4.78, 5) is 2.17. The van der Waals surface area contributed by atoms with E-state index in [0.717, 1.165) is 24.9 Å². The Hall–Kier alpha value is -0.910. The van der Waals surface area contributed by atoms with Crippen molar-refractivity contribution in [3.05, 3.63) is 28.8 Å². The number of aliphatic hydroxyl groups is 1. The molecule has 0 radical (unpaired) electrons. The maximum Gasteiger partial charge on any atom is 0.387 e. The van der Waals surface area contributed by atoms with Crippen molar-refractivity contribution in [3.8, 4) is 5.75 Å². The number of ether oxygens (including phenoxy) is 1. The van der Waals surface area contributed by atoms with Crippen LogP contribution in [0.15, 0.2) is 18.2 Å². The first-order chi connectivity index (χ1) is 9.10. The normalized spacial score (nSPS) is 20.2. The van der Waals surface area contributed by atoms with Crippen LogP contribution in [0.25, 0.3) is 0 Å². The highest BCUT2D eigenvalue weighted by atomic mass is 35.5. The van der Waals surface area contributed by atoms with Crippen LogP contribution in [0.2, 0.25) is 5.02 Å². The third kappa shape index (κ3) is 3.78. The highest BCUT2D eigenvalue weighted by molar-refractivity contribution is 6.32. The predicted molar refractivity (Wildman–Crippen MR) is 68.6 cm³/mol. The maximum absolute atomic E-state index is 12.1. The first-order valence-electron chi connectivity index (χ1n) is 6.18. The first kappa shape index (κ1) is 14.5. The Kier molecular flexibility index (Phi) is 4.96. The van der Waals surface area contributed by atoms with Gasteiger partial charge in [0.1, 0.15) is 5.75 Å². The fourth-order valence-electron chi connectivity index (χ4n) is 2.38. The summed E-state index contributed by atoms with van der Waals surface area (Å²) in [6.45, 7) is -1.15. The van der Waals surface area contributed by atoms with E-state index in [-0.39, 0.29) is 23.4 Å². The number of likely N-dealkylation sites (tertiary alicyclic amines) is 1. The molecule has 0 amide bonds. The van der Waals surface area contributed by atoms with Gasteiger partial charge in [-0.1, -0.05) is 17.7 Å². The summed E-state index contributed by atoms with van der Waals surface area (Å²) in [6, 6.07) is 4.98. The van der Waals surface area contributed by atoms with Crippen molar-refractivity contribution < 1.29 is 18.6 Å². The van der Waals surface area contributed by atoms with Gasteiger partial charge in [-0.25, -0.2) is 0 Å². The number of nitrogens with zero attached hydrogens (tertiary/aromatic N) is 1. The number of benzene rings is 1. The van der Waals surface area contributed by atoms with E-state index in [1.165, 1.54) is 6.07 Å². The fourth-order valence-corrected chi connectivity index (χ4v) is 2.63. The standard InChI is InChI=1S/C13H16ClF2NO2/c14-11-6-9(3-4-12(11)19-13(15)16)7-17-5-1-2-10(17)8-18/h3-4,6,10,13,18H,1-2,5,7-8H2/t10-/m1/s1. The van der Waals surface area contributed by atoms with Gasteiger partial charge in [0.2, 0.25) is 0 Å². The van der Waals surface area contributed by atoms with Gasteiger partial charge >= 0.3 is 6.61 Å². The van der Waals surface area contributed by atoms with E-state index in [0.29, 0.717) is 6.54 Å². The molecule has 1 aromatic rings. The third-order valence-corrected chi connectivity index (χ3v) is 3.60. The zero-order valence-corrected chi connectivity index (χ0v) is 11.1. The van der Waals surface area contributed by atoms with E-state index < -0.39 is 6.61 Å². The topological polar surface area (TPSA) is 32.7 Å². The van der Waals surface area contributed by atoms with E-state index in [1.807, 2.05) is 0 Å². The molecule has 0 bridgehead atoms. The van der Waals surface area contributed by atoms with Gasteiger partial charge in [0, 0.05) is 12.6 Å². The molecule has 3 nitrogen and oxygen atoms in total. The van der Waals surface area contributed by atoms with Crippen molar-refractivity contribution in [1.82, 2.24) is 4.90 Å². The lowest BCUT2D eigenvalue weighted by Gasteiger charge is -2.22. The Morgan fingerprint density at radius 1 is 1.47 bits per heavy atom. The van der Waals surface area contributed by atoms with Gasteiger partial charge in [0.25, 0.3) is 0 Å². The molecule has 0 aromatic heterocycles. The zero-order valence-electron chi connectivity index (χ0n) is 10.4. The van der Waals surface area contributed by atoms with Gasteiger partial charge < -0.3 is 9.84 Å². The molecular weight excluding hydrogens is 276 g/mol. The first-order valence-corrected chi connectivity index (χ1v) is 6.56. The molecule has 1 aliphatic rings. The monoisotopic (exact) mass is 291 g/mol. The van der Waals surface area contributed by atoms with Crippen LogP contribution in [0.1, 0.15) is 18.4 Å². The van der Waals surface area contributed by atoms with Gasteiger partial charge in [0.15, 0.2) is 0 Å². The second-order valence-corrected chi connectivity index (χ2v) is 5.00. The van der Waals surface area contributed by atoms with Crippen molar-refractivity contribution in [3.63, 3.8) is 0 Å². The average molecular weight is 292 g/mol. The van der Waals surface area contributed by atoms with Crippen LogP contribution in [0.4, 0.5) is 8.78 Å². The lowest BCUT2D eigenvalue weighted by atomic mass is 10.2. The second kappa shape index (κ2) is 6.50. The molecule has 1 N–H and O–H groups in total. The molecule has 0 saturated carbocycles. The molecule has 0 aliphatic carbocycles. The minimum absolute atomic E-state index is 0.0134. The van der Waals surface area contributed by atoms with Crippen LogP contribution in [0.3, 0.4) is 0 Å². The van der Waals surface area contributed by atoms with Crippen LogP contribution >= 0.6 is 11.6 Å². The molecule has 1 aliphatic heterocycles. The fraction of sp³-hybridized carbons (Fsp3) is 0.538. The molecule has 1 heterocycles. The molecule has 0 unspecified atom stereocenters. The third-order valence-electron chi connectivity index (χ3n) is 3.31. The molecule has 19 heavy (non-hydrogen) atoms. The lowest BCUT2D eigenvalue weighted by molar-refractivity contribution is -0.0498. The summed E-state index contributed by atoms with van der Waals surface area (Å²) in [7, 11) is 0. The molecule has 1 atom stereocenters. The number of hydrogen-bond acceptors (Lipinski definition) is 3. The average Bonchev–Trinajstić information content (AvgIpc) is 2.79. The number of halogens is 3. The Balaban J connectivity index is 2.03. The van der Waals surface area contributed by atoms with Crippen molar-refractivity contribution in [1.29, 1.82) is 0 Å². The predicted octanol–water partition coefficient (Wildman–Crippen LogP) is 2.90. The molecule has 1 aromatic carbocycles. The van der Waals surface area contributed by atoms with E-state index >= 15 is 0 Å². The summed E-state index contributed by atoms with van der Waals surface area (Å²) in [5.41, 5.74) is 0.923. The Labute approximate surface area is 115 Å². The zero-order chi connectivity index (χ0) is 13.8. The SMILES string of the molecule is OC[C@H]1CCCN1Cc1ccc(OC(F)F)c(Cl)c1. The van der Waals surface area contributed by atoms with Crippen molar-refractivity contribution in [2.24, 2.45) is 0 Å². The summed E-state index contributed by atoms with van der Waals surface area (Å²) >= 11 is 5.90. The summed E-state index contributed by atoms with van der Waals surface area (Å²) in [5, 5.41) is 9.42. The molecule has 1 saturated heterocycles. The minimum atomic E-state index is -2.87. The highest BCUT2D eigenvalue weighted by Crippen LogP contribution is 2.28. The molecular formula is C13H16ClF2NO2. The van der Waals surface area contributed by atoms with Crippen molar-refractivity contribution in [2.45, 2.75) is 32.0 Å². The molecule has 6 heteroatoms. The summed E-state index contributed by atoms with van der Waals surface area (Å²) in [6.07, 6.45) is 2.04. The maximum atomic E-state index is 12.1. The van der Waals surface area contributed by atoms with Crippen LogP contribution < -0.4 is 4.74 Å². The van der Waals surface area contributed by atoms with E-state index in [1.54, 1.807) is 12.1 Å². The molecule has 0 spiro atoms. The number of hydrogen-bond donors (Lipinski definition) is 1. The van der Waals surface area contributed by atoms with Gasteiger partial charge in [0.05, 0.1) is 11.6 Å². The Morgan fingerprint density at radius 3 is 2.89 bits per heavy atom. The number of alkyl halides is 2. The van der Waals surface area contributed by atoms with Gasteiger partial charge in [-0.2, -0.15) is 8.78 Å². The molecule has 106 valence electrons. The van der Waals surface area contributed by atoms with Crippen LogP contribution in [0.5, 0.6) is 5.75 Å². The van der Waals surface area contributed by atoms with Crippen molar-refractivity contribution >= 4 is 11.6 Å². The van der Waals surface area contributed by atoms with Crippen LogP contribution in [0, 0.1) is 0 Å². The summed E-state index contributed by atoms with van der Waals surface area (Å²) in [5.74, 6) is -0.0134. The van der Waals surface area contributed by atoms with Crippen molar-refractivity contribution in [2.75, 3.05) is 13.2 Å². The molecule has 1 fully saturated rings. The number of aliphatic hydroxyl groups excluding tert-OH is 1. The van der Waals surface area contributed by atoms with Crippen LogP contribution in [-0.2, 0) is 6.54 Å². The van der Waals surface area contributed by atoms with Crippen LogP contribution in [-0.4, -0.2) is 35.8 Å². The highest BCUT2D eigenvalue weighted by Gasteiger charge is 2.23. The van der Waals surface area contributed by atoms with Gasteiger partial charge in [-0.05, 0) is 37.1 Å². The molecule has 2 rings (SSSR count). The number of rotatable bonds is 5. The van der Waals surface area contributed by atoms with E-state index in [2.05, 4.69) is 9.64 Å². The van der Waals surface area contributed by atoms with E-state index in [9.17, 15) is 13.9 Å².